The Morgan fingerprint density at radius 1 is 1.41 bits per heavy atom. The van der Waals surface area contributed by atoms with Gasteiger partial charge in [0.2, 0.25) is 0 Å². The molecule has 1 aromatic carbocycles. The molecule has 3 N–H and O–H groups in total. The van der Waals surface area contributed by atoms with Crippen molar-refractivity contribution >= 4 is 22.3 Å². The maximum atomic E-state index is 10.9. The number of rotatable bonds is 3. The second-order valence-electron chi connectivity index (χ2n) is 3.41. The highest BCUT2D eigenvalue weighted by Crippen LogP contribution is 2.28. The van der Waals surface area contributed by atoms with Crippen molar-refractivity contribution in [3.8, 4) is 5.75 Å². The van der Waals surface area contributed by atoms with E-state index in [-0.39, 0.29) is 22.6 Å². The molecule has 0 aliphatic carbocycles. The molecule has 0 radical (unpaired) electrons. The molecule has 92 valence electrons. The van der Waals surface area contributed by atoms with Crippen LogP contribution < -0.4 is 0 Å². The molecule has 0 aromatic heterocycles. The highest BCUT2D eigenvalue weighted by atomic mass is 32.2. The standard InChI is InChI=1S/C11H12O5S/c1-3-8-5-9(17(14,15)16)6-11(13)10(8)4-7(2)12/h3-6,12-13H,1H2,2H3,(H,14,15,16)/b7-4+. The van der Waals surface area contributed by atoms with Gasteiger partial charge in [-0.1, -0.05) is 12.7 Å². The Kier molecular flexibility index (Phi) is 3.59. The Balaban J connectivity index is 3.58. The quantitative estimate of drug-likeness (QED) is 0.569. The minimum Gasteiger partial charge on any atom is -0.513 e. The van der Waals surface area contributed by atoms with E-state index in [1.165, 1.54) is 19.1 Å². The van der Waals surface area contributed by atoms with E-state index in [2.05, 4.69) is 6.58 Å². The van der Waals surface area contributed by atoms with Gasteiger partial charge in [0.1, 0.15) is 5.75 Å². The first-order chi connectivity index (χ1) is 7.75. The first-order valence-electron chi connectivity index (χ1n) is 4.60. The zero-order valence-corrected chi connectivity index (χ0v) is 9.90. The molecule has 0 heterocycles. The zero-order valence-electron chi connectivity index (χ0n) is 9.08. The van der Waals surface area contributed by atoms with Crippen LogP contribution in [0.25, 0.3) is 12.2 Å². The summed E-state index contributed by atoms with van der Waals surface area (Å²) in [4.78, 5) is -0.433. The van der Waals surface area contributed by atoms with E-state index in [0.717, 1.165) is 12.1 Å². The van der Waals surface area contributed by atoms with Gasteiger partial charge in [-0.3, -0.25) is 4.55 Å². The number of aromatic hydroxyl groups is 1. The molecule has 1 aromatic rings. The molecule has 0 unspecified atom stereocenters. The van der Waals surface area contributed by atoms with E-state index >= 15 is 0 Å². The Morgan fingerprint density at radius 2 is 2.00 bits per heavy atom. The predicted molar refractivity (Wildman–Crippen MR) is 64.3 cm³/mol. The molecule has 17 heavy (non-hydrogen) atoms. The fourth-order valence-corrected chi connectivity index (χ4v) is 1.85. The van der Waals surface area contributed by atoms with Gasteiger partial charge in [0.05, 0.1) is 10.7 Å². The lowest BCUT2D eigenvalue weighted by Gasteiger charge is -2.07. The predicted octanol–water partition coefficient (Wildman–Crippen LogP) is 2.20. The van der Waals surface area contributed by atoms with E-state index in [9.17, 15) is 13.5 Å². The van der Waals surface area contributed by atoms with Gasteiger partial charge in [-0.25, -0.2) is 0 Å². The summed E-state index contributed by atoms with van der Waals surface area (Å²) in [7, 11) is -4.39. The minimum absolute atomic E-state index is 0.0528. The molecule has 5 nitrogen and oxygen atoms in total. The maximum Gasteiger partial charge on any atom is 0.294 e. The van der Waals surface area contributed by atoms with E-state index in [1.54, 1.807) is 0 Å². The lowest BCUT2D eigenvalue weighted by Crippen LogP contribution is -1.99. The van der Waals surface area contributed by atoms with Crippen LogP contribution in [0.4, 0.5) is 0 Å². The van der Waals surface area contributed by atoms with Crippen LogP contribution in [0.1, 0.15) is 18.1 Å². The first-order valence-corrected chi connectivity index (χ1v) is 6.04. The molecule has 0 spiro atoms. The molecule has 0 aliphatic heterocycles. The summed E-state index contributed by atoms with van der Waals surface area (Å²) in [5.41, 5.74) is 0.512. The third-order valence-corrected chi connectivity index (χ3v) is 2.87. The van der Waals surface area contributed by atoms with Gasteiger partial charge in [-0.15, -0.1) is 0 Å². The van der Waals surface area contributed by atoms with Crippen LogP contribution in [0.3, 0.4) is 0 Å². The molecule has 0 atom stereocenters. The van der Waals surface area contributed by atoms with Gasteiger partial charge >= 0.3 is 0 Å². The Hall–Kier alpha value is -1.79. The molecule has 6 heteroatoms. The average molecular weight is 256 g/mol. The number of hydrogen-bond acceptors (Lipinski definition) is 4. The molecule has 0 bridgehead atoms. The van der Waals surface area contributed by atoms with Crippen molar-refractivity contribution in [2.75, 3.05) is 0 Å². The first kappa shape index (κ1) is 13.3. The number of aliphatic hydroxyl groups excluding tert-OH is 1. The molecular formula is C11H12O5S. The third kappa shape index (κ3) is 3.08. The van der Waals surface area contributed by atoms with E-state index in [0.29, 0.717) is 0 Å². The molecule has 0 saturated carbocycles. The maximum absolute atomic E-state index is 10.9. The van der Waals surface area contributed by atoms with Crippen molar-refractivity contribution in [1.29, 1.82) is 0 Å². The second-order valence-corrected chi connectivity index (χ2v) is 4.83. The summed E-state index contributed by atoms with van der Waals surface area (Å²) in [5, 5.41) is 18.8. The number of aliphatic hydroxyl groups is 1. The summed E-state index contributed by atoms with van der Waals surface area (Å²) < 4.78 is 30.7. The molecule has 1 rings (SSSR count). The van der Waals surface area contributed by atoms with Gasteiger partial charge in [-0.2, -0.15) is 8.42 Å². The number of hydrogen-bond donors (Lipinski definition) is 3. The van der Waals surface area contributed by atoms with E-state index in [4.69, 9.17) is 9.66 Å². The smallest absolute Gasteiger partial charge is 0.294 e. The molecule has 0 saturated heterocycles. The molecule has 0 fully saturated rings. The summed E-state index contributed by atoms with van der Waals surface area (Å²) in [5.74, 6) is -0.425. The van der Waals surface area contributed by atoms with Crippen molar-refractivity contribution in [1.82, 2.24) is 0 Å². The van der Waals surface area contributed by atoms with Crippen molar-refractivity contribution in [2.45, 2.75) is 11.8 Å². The summed E-state index contributed by atoms with van der Waals surface area (Å²) >= 11 is 0. The van der Waals surface area contributed by atoms with Crippen LogP contribution in [0.2, 0.25) is 0 Å². The lowest BCUT2D eigenvalue weighted by molar-refractivity contribution is 0.419. The second kappa shape index (κ2) is 4.60. The van der Waals surface area contributed by atoms with Gasteiger partial charge in [0.25, 0.3) is 10.1 Å². The fourth-order valence-electron chi connectivity index (χ4n) is 1.32. The fraction of sp³-hybridized carbons (Fsp3) is 0.0909. The van der Waals surface area contributed by atoms with Gasteiger partial charge < -0.3 is 10.2 Å². The van der Waals surface area contributed by atoms with Crippen molar-refractivity contribution < 1.29 is 23.2 Å². The third-order valence-electron chi connectivity index (χ3n) is 2.03. The van der Waals surface area contributed by atoms with Gasteiger partial charge in [0, 0.05) is 11.6 Å². The minimum atomic E-state index is -4.39. The normalized spacial score (nSPS) is 12.5. The summed E-state index contributed by atoms with van der Waals surface area (Å²) in [6, 6.07) is 2.05. The van der Waals surface area contributed by atoms with Crippen molar-refractivity contribution in [3.63, 3.8) is 0 Å². The monoisotopic (exact) mass is 256 g/mol. The van der Waals surface area contributed by atoms with Crippen LogP contribution in [-0.2, 0) is 10.1 Å². The lowest BCUT2D eigenvalue weighted by atomic mass is 10.1. The summed E-state index contributed by atoms with van der Waals surface area (Å²) in [6.07, 6.45) is 2.57. The van der Waals surface area contributed by atoms with Crippen LogP contribution in [-0.4, -0.2) is 23.2 Å². The van der Waals surface area contributed by atoms with Crippen LogP contribution in [0, 0.1) is 0 Å². The Morgan fingerprint density at radius 3 is 2.41 bits per heavy atom. The van der Waals surface area contributed by atoms with E-state index in [1.807, 2.05) is 0 Å². The topological polar surface area (TPSA) is 94.8 Å². The number of phenols is 1. The highest BCUT2D eigenvalue weighted by Gasteiger charge is 2.15. The number of allylic oxidation sites excluding steroid dienone is 1. The largest absolute Gasteiger partial charge is 0.513 e. The van der Waals surface area contributed by atoms with Crippen molar-refractivity contribution in [3.05, 3.63) is 35.6 Å². The van der Waals surface area contributed by atoms with Crippen LogP contribution in [0.15, 0.2) is 29.4 Å². The van der Waals surface area contributed by atoms with Crippen molar-refractivity contribution in [2.24, 2.45) is 0 Å². The Labute approximate surface area is 99.1 Å². The van der Waals surface area contributed by atoms with Gasteiger partial charge in [-0.05, 0) is 24.6 Å². The molecular weight excluding hydrogens is 244 g/mol. The number of phenolic OH excluding ortho intramolecular Hbond substituents is 1. The zero-order chi connectivity index (χ0) is 13.2. The highest BCUT2D eigenvalue weighted by molar-refractivity contribution is 7.85. The SMILES string of the molecule is C=Cc1cc(S(=O)(=O)O)cc(O)c1/C=C(\C)O. The molecule has 0 aliphatic rings. The van der Waals surface area contributed by atoms with E-state index < -0.39 is 15.0 Å². The summed E-state index contributed by atoms with van der Waals surface area (Å²) in [6.45, 7) is 4.87. The Bertz CT molecular complexity index is 580. The van der Waals surface area contributed by atoms with Gasteiger partial charge in [0.15, 0.2) is 0 Å². The molecule has 0 amide bonds. The number of benzene rings is 1. The average Bonchev–Trinajstić information content (AvgIpc) is 2.18. The van der Waals surface area contributed by atoms with Crippen LogP contribution in [0.5, 0.6) is 5.75 Å². The van der Waals surface area contributed by atoms with Crippen LogP contribution >= 0.6 is 0 Å².